The molecule has 0 spiro atoms. The first kappa shape index (κ1) is 33.4. The minimum absolute atomic E-state index is 0.142. The third kappa shape index (κ3) is 9.00. The lowest BCUT2D eigenvalue weighted by atomic mass is 9.78. The smallest absolute Gasteiger partial charge is 0.410 e. The SMILES string of the molecule is CC(C)(C)OC(=O)N[C@@]12CC=CC[C@H]1CN(C(=O)OCc1ccccc1)C2.CC(C)(C)OC(=O)N[C@@]12CC=CC[C@H]1CNC2. The fourth-order valence-corrected chi connectivity index (χ4v) is 6.32. The normalized spacial score (nSPS) is 27.3. The Balaban J connectivity index is 0.000000223. The Hall–Kier alpha value is -3.53. The Kier molecular flexibility index (Phi) is 10.3. The van der Waals surface area contributed by atoms with Crippen LogP contribution in [0.5, 0.6) is 0 Å². The van der Waals surface area contributed by atoms with Gasteiger partial charge in [0.15, 0.2) is 0 Å². The van der Waals surface area contributed by atoms with Crippen molar-refractivity contribution < 1.29 is 28.6 Å². The maximum absolute atomic E-state index is 12.6. The van der Waals surface area contributed by atoms with Crippen molar-refractivity contribution in [2.75, 3.05) is 26.2 Å². The fourth-order valence-electron chi connectivity index (χ4n) is 6.32. The van der Waals surface area contributed by atoms with E-state index in [1.807, 2.05) is 71.9 Å². The molecule has 1 aromatic rings. The quantitative estimate of drug-likeness (QED) is 0.296. The zero-order chi connectivity index (χ0) is 32.0. The molecule has 0 bridgehead atoms. The monoisotopic (exact) mass is 610 g/mol. The molecule has 0 aromatic heterocycles. The van der Waals surface area contributed by atoms with Crippen LogP contribution < -0.4 is 16.0 Å². The van der Waals surface area contributed by atoms with Crippen molar-refractivity contribution in [1.29, 1.82) is 0 Å². The molecular weight excluding hydrogens is 560 g/mol. The van der Waals surface area contributed by atoms with Crippen molar-refractivity contribution in [3.05, 3.63) is 60.2 Å². The molecule has 10 nitrogen and oxygen atoms in total. The topological polar surface area (TPSA) is 118 Å². The number of carbonyl (C=O) groups excluding carboxylic acids is 3. The van der Waals surface area contributed by atoms with Crippen LogP contribution >= 0.6 is 0 Å². The van der Waals surface area contributed by atoms with Gasteiger partial charge in [-0.15, -0.1) is 0 Å². The summed E-state index contributed by atoms with van der Waals surface area (Å²) < 4.78 is 16.2. The van der Waals surface area contributed by atoms with Crippen LogP contribution in [0.25, 0.3) is 0 Å². The Morgan fingerprint density at radius 1 is 0.841 bits per heavy atom. The summed E-state index contributed by atoms with van der Waals surface area (Å²) in [6.07, 6.45) is 10.9. The lowest BCUT2D eigenvalue weighted by molar-refractivity contribution is 0.0418. The third-order valence-corrected chi connectivity index (χ3v) is 8.41. The summed E-state index contributed by atoms with van der Waals surface area (Å²) in [5.41, 5.74) is -0.689. The minimum atomic E-state index is -0.562. The van der Waals surface area contributed by atoms with Crippen molar-refractivity contribution in [2.45, 2.75) is 96.1 Å². The molecule has 0 unspecified atom stereocenters. The Labute approximate surface area is 261 Å². The summed E-state index contributed by atoms with van der Waals surface area (Å²) in [6.45, 7) is 14.2. The van der Waals surface area contributed by atoms with Gasteiger partial charge in [-0.05, 0) is 78.7 Å². The first-order valence-electron chi connectivity index (χ1n) is 15.7. The zero-order valence-electron chi connectivity index (χ0n) is 27.1. The number of amides is 3. The lowest BCUT2D eigenvalue weighted by Gasteiger charge is -2.37. The molecule has 0 radical (unpaired) electrons. The van der Waals surface area contributed by atoms with E-state index in [0.29, 0.717) is 25.4 Å². The second-order valence-corrected chi connectivity index (χ2v) is 14.3. The highest BCUT2D eigenvalue weighted by molar-refractivity contribution is 5.71. The van der Waals surface area contributed by atoms with Gasteiger partial charge in [-0.1, -0.05) is 54.6 Å². The van der Waals surface area contributed by atoms with E-state index in [1.54, 1.807) is 4.90 Å². The largest absolute Gasteiger partial charge is 0.445 e. The standard InChI is InChI=1S/C21H28N2O4.C13H22N2O2/c1-20(2,3)27-18(24)22-21-12-8-7-11-17(21)13-23(15-21)19(25)26-14-16-9-5-4-6-10-16;1-12(2,3)17-11(16)15-13-7-5-4-6-10(13)8-14-9-13/h4-10,17H,11-15H2,1-3H3,(H,22,24);4-5,10,14H,6-9H2,1-3H3,(H,15,16)/t17-,21+;10-,13+/m00/s1. The van der Waals surface area contributed by atoms with Crippen molar-refractivity contribution >= 4 is 18.3 Å². The molecule has 3 N–H and O–H groups in total. The van der Waals surface area contributed by atoms with Crippen LogP contribution in [0.1, 0.15) is 72.8 Å². The molecule has 2 aliphatic carbocycles. The Morgan fingerprint density at radius 2 is 1.41 bits per heavy atom. The van der Waals surface area contributed by atoms with E-state index in [2.05, 4.69) is 40.3 Å². The summed E-state index contributed by atoms with van der Waals surface area (Å²) in [4.78, 5) is 38.5. The molecule has 2 fully saturated rings. The van der Waals surface area contributed by atoms with Crippen molar-refractivity contribution in [3.8, 4) is 0 Å². The average molecular weight is 611 g/mol. The summed E-state index contributed by atoms with van der Waals surface area (Å²) in [5, 5.41) is 9.49. The maximum atomic E-state index is 12.6. The number of likely N-dealkylation sites (tertiary alicyclic amines) is 1. The van der Waals surface area contributed by atoms with Crippen LogP contribution in [-0.2, 0) is 20.8 Å². The summed E-state index contributed by atoms with van der Waals surface area (Å²) in [5.74, 6) is 0.638. The molecule has 4 atom stereocenters. The number of ether oxygens (including phenoxy) is 3. The van der Waals surface area contributed by atoms with E-state index in [1.165, 1.54) is 0 Å². The summed E-state index contributed by atoms with van der Waals surface area (Å²) in [7, 11) is 0. The number of nitrogens with one attached hydrogen (secondary N) is 3. The van der Waals surface area contributed by atoms with Gasteiger partial charge in [0.1, 0.15) is 17.8 Å². The van der Waals surface area contributed by atoms with Crippen LogP contribution in [0.15, 0.2) is 54.6 Å². The minimum Gasteiger partial charge on any atom is -0.445 e. The predicted molar refractivity (Wildman–Crippen MR) is 169 cm³/mol. The second kappa shape index (κ2) is 13.6. The summed E-state index contributed by atoms with van der Waals surface area (Å²) >= 11 is 0. The third-order valence-electron chi connectivity index (χ3n) is 8.41. The van der Waals surface area contributed by atoms with E-state index in [-0.39, 0.29) is 30.3 Å². The molecule has 2 heterocycles. The first-order valence-corrected chi connectivity index (χ1v) is 15.7. The van der Waals surface area contributed by atoms with Gasteiger partial charge in [0.05, 0.1) is 11.1 Å². The predicted octanol–water partition coefficient (Wildman–Crippen LogP) is 5.69. The Morgan fingerprint density at radius 3 is 2.02 bits per heavy atom. The number of nitrogens with zero attached hydrogens (tertiary/aromatic N) is 1. The van der Waals surface area contributed by atoms with Crippen LogP contribution in [0.4, 0.5) is 14.4 Å². The number of benzene rings is 1. The first-order chi connectivity index (χ1) is 20.7. The number of allylic oxidation sites excluding steroid dienone is 2. The summed E-state index contributed by atoms with van der Waals surface area (Å²) in [6, 6.07) is 9.60. The van der Waals surface area contributed by atoms with Crippen molar-refractivity contribution in [3.63, 3.8) is 0 Å². The van der Waals surface area contributed by atoms with Gasteiger partial charge in [0.2, 0.25) is 0 Å². The lowest BCUT2D eigenvalue weighted by Crippen LogP contribution is -2.56. The van der Waals surface area contributed by atoms with Gasteiger partial charge in [0.25, 0.3) is 0 Å². The van der Waals surface area contributed by atoms with E-state index in [0.717, 1.165) is 37.9 Å². The Bertz CT molecular complexity index is 1220. The van der Waals surface area contributed by atoms with E-state index in [9.17, 15) is 14.4 Å². The number of hydrogen-bond donors (Lipinski definition) is 3. The van der Waals surface area contributed by atoms with Gasteiger partial charge >= 0.3 is 18.3 Å². The number of carbonyl (C=O) groups is 3. The van der Waals surface area contributed by atoms with E-state index >= 15 is 0 Å². The molecule has 5 rings (SSSR count). The van der Waals surface area contributed by atoms with Crippen LogP contribution in [0.3, 0.4) is 0 Å². The highest BCUT2D eigenvalue weighted by Crippen LogP contribution is 2.38. The van der Waals surface area contributed by atoms with E-state index in [4.69, 9.17) is 14.2 Å². The van der Waals surface area contributed by atoms with Gasteiger partial charge in [-0.2, -0.15) is 0 Å². The molecule has 242 valence electrons. The number of alkyl carbamates (subject to hydrolysis) is 2. The van der Waals surface area contributed by atoms with Gasteiger partial charge < -0.3 is 35.1 Å². The number of rotatable bonds is 4. The zero-order valence-corrected chi connectivity index (χ0v) is 27.1. The fraction of sp³-hybridized carbons (Fsp3) is 0.618. The van der Waals surface area contributed by atoms with Crippen LogP contribution in [-0.4, -0.2) is 71.6 Å². The van der Waals surface area contributed by atoms with Gasteiger partial charge in [-0.25, -0.2) is 14.4 Å². The highest BCUT2D eigenvalue weighted by atomic mass is 16.6. The second-order valence-electron chi connectivity index (χ2n) is 14.3. The molecule has 2 aliphatic heterocycles. The maximum Gasteiger partial charge on any atom is 0.410 e. The van der Waals surface area contributed by atoms with Crippen molar-refractivity contribution in [1.82, 2.24) is 20.9 Å². The molecule has 3 amide bonds. The molecule has 10 heteroatoms. The van der Waals surface area contributed by atoms with E-state index < -0.39 is 22.8 Å². The molecule has 4 aliphatic rings. The van der Waals surface area contributed by atoms with Gasteiger partial charge in [-0.3, -0.25) is 0 Å². The average Bonchev–Trinajstić information content (AvgIpc) is 3.52. The molecule has 2 saturated heterocycles. The highest BCUT2D eigenvalue weighted by Gasteiger charge is 2.50. The number of fused-ring (bicyclic) bond motifs is 2. The van der Waals surface area contributed by atoms with Gasteiger partial charge in [0, 0.05) is 32.1 Å². The van der Waals surface area contributed by atoms with Crippen LogP contribution in [0, 0.1) is 11.8 Å². The molecule has 44 heavy (non-hydrogen) atoms. The molecule has 0 saturated carbocycles. The van der Waals surface area contributed by atoms with Crippen LogP contribution in [0.2, 0.25) is 0 Å². The number of hydrogen-bond acceptors (Lipinski definition) is 7. The van der Waals surface area contributed by atoms with Crippen molar-refractivity contribution in [2.24, 2.45) is 11.8 Å². The molecule has 1 aromatic carbocycles. The molecular formula is C34H50N4O6.